The summed E-state index contributed by atoms with van der Waals surface area (Å²) < 4.78 is 26.6. The van der Waals surface area contributed by atoms with E-state index in [1.807, 2.05) is 0 Å². The highest BCUT2D eigenvalue weighted by Gasteiger charge is 2.22. The molecule has 0 aliphatic carbocycles. The van der Waals surface area contributed by atoms with Gasteiger partial charge in [-0.2, -0.15) is 10.2 Å². The Morgan fingerprint density at radius 1 is 1.18 bits per heavy atom. The molecule has 0 unspecified atom stereocenters. The molecule has 0 amide bonds. The largest absolute Gasteiger partial charge is 0.281 e. The van der Waals surface area contributed by atoms with Gasteiger partial charge in [-0.1, -0.05) is 0 Å². The molecule has 0 aliphatic rings. The maximum absolute atomic E-state index is 12.1. The predicted molar refractivity (Wildman–Crippen MR) is 62.2 cm³/mol. The molecule has 0 fully saturated rings. The number of hydrogen-bond donors (Lipinski definition) is 3. The summed E-state index contributed by atoms with van der Waals surface area (Å²) in [5, 5.41) is 13.0. The number of anilines is 1. The van der Waals surface area contributed by atoms with E-state index in [0.717, 1.165) is 5.69 Å². The zero-order valence-electron chi connectivity index (χ0n) is 9.70. The first-order valence-corrected chi connectivity index (χ1v) is 6.45. The minimum Gasteiger partial charge on any atom is -0.281 e. The molecule has 0 bridgehead atoms. The van der Waals surface area contributed by atoms with Crippen LogP contribution in [0.5, 0.6) is 0 Å². The van der Waals surface area contributed by atoms with E-state index in [1.165, 1.54) is 0 Å². The lowest BCUT2D eigenvalue weighted by atomic mass is 10.4. The highest BCUT2D eigenvalue weighted by molar-refractivity contribution is 7.92. The van der Waals surface area contributed by atoms with Gasteiger partial charge in [-0.15, -0.1) is 0 Å². The van der Waals surface area contributed by atoms with Crippen LogP contribution in [0.25, 0.3) is 0 Å². The zero-order valence-corrected chi connectivity index (χ0v) is 10.5. The third-order valence-electron chi connectivity index (χ3n) is 2.27. The quantitative estimate of drug-likeness (QED) is 0.756. The topological polar surface area (TPSA) is 104 Å². The molecular weight excluding hydrogens is 242 g/mol. The van der Waals surface area contributed by atoms with Crippen molar-refractivity contribution in [2.75, 3.05) is 4.72 Å². The van der Waals surface area contributed by atoms with Crippen molar-refractivity contribution < 1.29 is 8.42 Å². The first-order valence-electron chi connectivity index (χ1n) is 4.96. The molecule has 2 rings (SSSR count). The molecule has 2 aromatic rings. The Morgan fingerprint density at radius 2 is 1.88 bits per heavy atom. The monoisotopic (exact) mass is 255 g/mol. The molecular formula is C9H13N5O2S. The fraction of sp³-hybridized carbons (Fsp3) is 0.333. The van der Waals surface area contributed by atoms with Gasteiger partial charge >= 0.3 is 0 Å². The van der Waals surface area contributed by atoms with Gasteiger partial charge in [0.05, 0.1) is 11.4 Å². The Morgan fingerprint density at radius 3 is 2.35 bits per heavy atom. The summed E-state index contributed by atoms with van der Waals surface area (Å²) in [6.45, 7) is 5.08. The molecule has 0 spiro atoms. The van der Waals surface area contributed by atoms with E-state index in [9.17, 15) is 8.42 Å². The molecule has 2 aromatic heterocycles. The summed E-state index contributed by atoms with van der Waals surface area (Å²) in [6.07, 6.45) is 0. The van der Waals surface area contributed by atoms with Crippen LogP contribution in [0.1, 0.15) is 17.1 Å². The number of hydrogen-bond acceptors (Lipinski definition) is 4. The Hall–Kier alpha value is -1.83. The number of nitrogens with one attached hydrogen (secondary N) is 3. The number of H-pyrrole nitrogens is 2. The fourth-order valence-electron chi connectivity index (χ4n) is 1.60. The average molecular weight is 255 g/mol. The second kappa shape index (κ2) is 3.88. The van der Waals surface area contributed by atoms with Crippen LogP contribution in [0.15, 0.2) is 11.0 Å². The summed E-state index contributed by atoms with van der Waals surface area (Å²) in [5.74, 6) is 0.266. The van der Waals surface area contributed by atoms with Crippen LogP contribution in [0.3, 0.4) is 0 Å². The van der Waals surface area contributed by atoms with E-state index in [0.29, 0.717) is 11.4 Å². The van der Waals surface area contributed by atoms with Crippen molar-refractivity contribution in [1.29, 1.82) is 0 Å². The lowest BCUT2D eigenvalue weighted by Crippen LogP contribution is -2.14. The van der Waals surface area contributed by atoms with E-state index in [-0.39, 0.29) is 10.7 Å². The minimum atomic E-state index is -3.64. The van der Waals surface area contributed by atoms with E-state index < -0.39 is 10.0 Å². The smallest absolute Gasteiger partial charge is 0.266 e. The van der Waals surface area contributed by atoms with Crippen molar-refractivity contribution in [3.8, 4) is 0 Å². The van der Waals surface area contributed by atoms with Crippen molar-refractivity contribution in [2.45, 2.75) is 25.7 Å². The van der Waals surface area contributed by atoms with E-state index in [4.69, 9.17) is 0 Å². The minimum absolute atomic E-state index is 0.165. The van der Waals surface area contributed by atoms with Crippen LogP contribution in [-0.2, 0) is 10.0 Å². The second-order valence-electron chi connectivity index (χ2n) is 3.80. The molecule has 0 saturated carbocycles. The molecule has 8 heteroatoms. The second-order valence-corrected chi connectivity index (χ2v) is 5.42. The van der Waals surface area contributed by atoms with E-state index >= 15 is 0 Å². The number of aromatic nitrogens is 4. The number of sulfonamides is 1. The van der Waals surface area contributed by atoms with Crippen molar-refractivity contribution >= 4 is 15.8 Å². The van der Waals surface area contributed by atoms with Crippen LogP contribution in [0.2, 0.25) is 0 Å². The van der Waals surface area contributed by atoms with Gasteiger partial charge in [0.2, 0.25) is 0 Å². The normalized spacial score (nSPS) is 11.7. The SMILES string of the molecule is Cc1cc(NS(=O)(=O)c2c(C)n[nH]c2C)n[nH]1. The van der Waals surface area contributed by atoms with Gasteiger partial charge < -0.3 is 0 Å². The van der Waals surface area contributed by atoms with Crippen molar-refractivity contribution in [1.82, 2.24) is 20.4 Å². The third kappa shape index (κ3) is 2.16. The summed E-state index contributed by atoms with van der Waals surface area (Å²) in [5.41, 5.74) is 1.72. The van der Waals surface area contributed by atoms with Crippen LogP contribution < -0.4 is 4.72 Å². The van der Waals surface area contributed by atoms with Gasteiger partial charge in [0.15, 0.2) is 5.82 Å². The highest BCUT2D eigenvalue weighted by Crippen LogP contribution is 2.19. The molecule has 92 valence electrons. The molecule has 0 saturated heterocycles. The maximum atomic E-state index is 12.1. The molecule has 3 N–H and O–H groups in total. The van der Waals surface area contributed by atoms with Gasteiger partial charge in [0, 0.05) is 11.8 Å². The van der Waals surface area contributed by atoms with Gasteiger partial charge in [0.25, 0.3) is 10.0 Å². The first kappa shape index (κ1) is 11.6. The van der Waals surface area contributed by atoms with Gasteiger partial charge in [0.1, 0.15) is 4.90 Å². The van der Waals surface area contributed by atoms with Crippen LogP contribution >= 0.6 is 0 Å². The van der Waals surface area contributed by atoms with Gasteiger partial charge in [-0.25, -0.2) is 8.42 Å². The Bertz CT molecular complexity index is 621. The number of aromatic amines is 2. The van der Waals surface area contributed by atoms with Crippen molar-refractivity contribution in [3.05, 3.63) is 23.1 Å². The zero-order chi connectivity index (χ0) is 12.6. The fourth-order valence-corrected chi connectivity index (χ4v) is 2.96. The molecule has 0 aromatic carbocycles. The van der Waals surface area contributed by atoms with E-state index in [2.05, 4.69) is 25.1 Å². The molecule has 0 radical (unpaired) electrons. The van der Waals surface area contributed by atoms with Crippen molar-refractivity contribution in [3.63, 3.8) is 0 Å². The van der Waals surface area contributed by atoms with Crippen molar-refractivity contribution in [2.24, 2.45) is 0 Å². The third-order valence-corrected chi connectivity index (χ3v) is 3.89. The number of aryl methyl sites for hydroxylation is 3. The summed E-state index contributed by atoms with van der Waals surface area (Å²) in [7, 11) is -3.64. The average Bonchev–Trinajstić information content (AvgIpc) is 2.73. The first-order chi connectivity index (χ1) is 7.90. The number of rotatable bonds is 3. The van der Waals surface area contributed by atoms with Gasteiger partial charge in [-0.05, 0) is 20.8 Å². The molecule has 0 aliphatic heterocycles. The highest BCUT2D eigenvalue weighted by atomic mass is 32.2. The Labute approximate surface area is 98.7 Å². The maximum Gasteiger partial charge on any atom is 0.266 e. The van der Waals surface area contributed by atoms with E-state index in [1.54, 1.807) is 26.8 Å². The van der Waals surface area contributed by atoms with Crippen LogP contribution in [0, 0.1) is 20.8 Å². The summed E-state index contributed by atoms with van der Waals surface area (Å²) in [6, 6.07) is 1.61. The molecule has 0 atom stereocenters. The predicted octanol–water partition coefficient (Wildman–Crippen LogP) is 0.859. The number of nitrogens with zero attached hydrogens (tertiary/aromatic N) is 2. The molecule has 7 nitrogen and oxygen atoms in total. The molecule has 17 heavy (non-hydrogen) atoms. The molecule has 2 heterocycles. The lowest BCUT2D eigenvalue weighted by molar-refractivity contribution is 0.600. The van der Waals surface area contributed by atoms with Crippen LogP contribution in [-0.4, -0.2) is 28.8 Å². The van der Waals surface area contributed by atoms with Gasteiger partial charge in [-0.3, -0.25) is 14.9 Å². The summed E-state index contributed by atoms with van der Waals surface area (Å²) in [4.78, 5) is 0.165. The Balaban J connectivity index is 2.38. The Kier molecular flexibility index (Phi) is 2.66. The lowest BCUT2D eigenvalue weighted by Gasteiger charge is -2.04. The standard InChI is InChI=1S/C9H13N5O2S/c1-5-4-8(13-10-5)14-17(15,16)9-6(2)11-12-7(9)3/h4H,1-3H3,(H,11,12)(H2,10,13,14). The van der Waals surface area contributed by atoms with Crippen LogP contribution in [0.4, 0.5) is 5.82 Å². The summed E-state index contributed by atoms with van der Waals surface area (Å²) >= 11 is 0.